The van der Waals surface area contributed by atoms with Gasteiger partial charge >= 0.3 is 0 Å². The molecule has 130 valence electrons. The molecule has 0 fully saturated rings. The van der Waals surface area contributed by atoms with Crippen LogP contribution in [0.15, 0.2) is 47.5 Å². The molecule has 0 unspecified atom stereocenters. The van der Waals surface area contributed by atoms with Crippen molar-refractivity contribution >= 4 is 39.1 Å². The highest BCUT2D eigenvalue weighted by molar-refractivity contribution is 7.16. The molecule has 0 aliphatic heterocycles. The highest BCUT2D eigenvalue weighted by Crippen LogP contribution is 2.22. The molecule has 0 radical (unpaired) electrons. The Kier molecular flexibility index (Phi) is 5.63. The number of hydrogen-bond acceptors (Lipinski definition) is 3. The van der Waals surface area contributed by atoms with Gasteiger partial charge in [0.1, 0.15) is 5.82 Å². The SMILES string of the molecule is COCCn1c(=NC(=O)Cc2ccc(F)cc2)sc2cc(Cl)ccc21. The van der Waals surface area contributed by atoms with Gasteiger partial charge in [-0.1, -0.05) is 35.1 Å². The van der Waals surface area contributed by atoms with Crippen LogP contribution in [0.2, 0.25) is 5.02 Å². The van der Waals surface area contributed by atoms with Crippen LogP contribution in [0.25, 0.3) is 10.2 Å². The van der Waals surface area contributed by atoms with Gasteiger partial charge in [0.25, 0.3) is 5.91 Å². The summed E-state index contributed by atoms with van der Waals surface area (Å²) in [5, 5.41) is 0.636. The lowest BCUT2D eigenvalue weighted by atomic mass is 10.1. The number of aromatic nitrogens is 1. The number of carbonyl (C=O) groups excluding carboxylic acids is 1. The number of nitrogens with zero attached hydrogens (tertiary/aromatic N) is 2. The van der Waals surface area contributed by atoms with E-state index < -0.39 is 0 Å². The van der Waals surface area contributed by atoms with E-state index in [0.29, 0.717) is 23.0 Å². The van der Waals surface area contributed by atoms with E-state index in [0.717, 1.165) is 15.8 Å². The van der Waals surface area contributed by atoms with Gasteiger partial charge in [0.05, 0.1) is 23.2 Å². The third-order valence-electron chi connectivity index (χ3n) is 3.65. The lowest BCUT2D eigenvalue weighted by Crippen LogP contribution is -2.19. The van der Waals surface area contributed by atoms with E-state index in [1.807, 2.05) is 22.8 Å². The van der Waals surface area contributed by atoms with Crippen LogP contribution >= 0.6 is 22.9 Å². The Bertz CT molecular complexity index is 963. The highest BCUT2D eigenvalue weighted by Gasteiger charge is 2.09. The fourth-order valence-corrected chi connectivity index (χ4v) is 3.80. The zero-order valence-corrected chi connectivity index (χ0v) is 15.1. The van der Waals surface area contributed by atoms with Crippen molar-refractivity contribution in [3.05, 3.63) is 63.7 Å². The minimum absolute atomic E-state index is 0.125. The van der Waals surface area contributed by atoms with Crippen LogP contribution in [0.4, 0.5) is 4.39 Å². The van der Waals surface area contributed by atoms with Gasteiger partial charge in [-0.15, -0.1) is 0 Å². The van der Waals surface area contributed by atoms with Crippen LogP contribution in [0, 0.1) is 5.82 Å². The number of halogens is 2. The van der Waals surface area contributed by atoms with Gasteiger partial charge in [0.2, 0.25) is 0 Å². The fourth-order valence-electron chi connectivity index (χ4n) is 2.45. The van der Waals surface area contributed by atoms with Crippen LogP contribution < -0.4 is 4.80 Å². The number of thiazole rings is 1. The van der Waals surface area contributed by atoms with Crippen molar-refractivity contribution in [3.63, 3.8) is 0 Å². The molecule has 0 N–H and O–H groups in total. The fraction of sp³-hybridized carbons (Fsp3) is 0.222. The summed E-state index contributed by atoms with van der Waals surface area (Å²) in [5.74, 6) is -0.609. The van der Waals surface area contributed by atoms with Gasteiger partial charge in [-0.3, -0.25) is 4.79 Å². The molecule has 1 aromatic heterocycles. The lowest BCUT2D eigenvalue weighted by Gasteiger charge is -2.04. The van der Waals surface area contributed by atoms with Crippen molar-refractivity contribution < 1.29 is 13.9 Å². The van der Waals surface area contributed by atoms with Gasteiger partial charge in [-0.05, 0) is 35.9 Å². The number of amides is 1. The number of fused-ring (bicyclic) bond motifs is 1. The quantitative estimate of drug-likeness (QED) is 0.677. The molecule has 1 amide bonds. The van der Waals surface area contributed by atoms with Crippen molar-refractivity contribution in [1.82, 2.24) is 4.57 Å². The van der Waals surface area contributed by atoms with Crippen molar-refractivity contribution in [2.45, 2.75) is 13.0 Å². The summed E-state index contributed by atoms with van der Waals surface area (Å²) in [5.41, 5.74) is 1.68. The molecule has 25 heavy (non-hydrogen) atoms. The van der Waals surface area contributed by atoms with Gasteiger partial charge in [0, 0.05) is 18.7 Å². The molecule has 0 saturated heterocycles. The molecule has 0 aliphatic carbocycles. The first kappa shape index (κ1) is 17.8. The van der Waals surface area contributed by atoms with E-state index in [1.165, 1.54) is 23.5 Å². The topological polar surface area (TPSA) is 43.6 Å². The Morgan fingerprint density at radius 3 is 2.76 bits per heavy atom. The summed E-state index contributed by atoms with van der Waals surface area (Å²) in [4.78, 5) is 17.2. The summed E-state index contributed by atoms with van der Waals surface area (Å²) in [6.07, 6.45) is 0.125. The first-order chi connectivity index (χ1) is 12.1. The first-order valence-corrected chi connectivity index (χ1v) is 8.86. The third-order valence-corrected chi connectivity index (χ3v) is 4.93. The minimum atomic E-state index is -0.327. The van der Waals surface area contributed by atoms with E-state index >= 15 is 0 Å². The molecule has 0 atom stereocenters. The predicted octanol–water partition coefficient (Wildman–Crippen LogP) is 3.81. The summed E-state index contributed by atoms with van der Waals surface area (Å²) in [7, 11) is 1.63. The van der Waals surface area contributed by atoms with Gasteiger partial charge in [0.15, 0.2) is 4.80 Å². The van der Waals surface area contributed by atoms with E-state index in [2.05, 4.69) is 4.99 Å². The number of methoxy groups -OCH3 is 1. The molecule has 0 spiro atoms. The van der Waals surface area contributed by atoms with Gasteiger partial charge in [-0.25, -0.2) is 4.39 Å². The number of hydrogen-bond donors (Lipinski definition) is 0. The molecule has 0 aliphatic rings. The smallest absolute Gasteiger partial charge is 0.252 e. The van der Waals surface area contributed by atoms with Crippen molar-refractivity contribution in [1.29, 1.82) is 0 Å². The number of ether oxygens (including phenoxy) is 1. The predicted molar refractivity (Wildman–Crippen MR) is 97.4 cm³/mol. The molecule has 3 aromatic rings. The van der Waals surface area contributed by atoms with E-state index in [4.69, 9.17) is 16.3 Å². The second-order valence-corrected chi connectivity index (χ2v) is 6.90. The molecule has 7 heteroatoms. The zero-order chi connectivity index (χ0) is 17.8. The third kappa shape index (κ3) is 4.34. The van der Waals surface area contributed by atoms with Crippen LogP contribution in [-0.4, -0.2) is 24.2 Å². The van der Waals surface area contributed by atoms with E-state index in [9.17, 15) is 9.18 Å². The largest absolute Gasteiger partial charge is 0.383 e. The molecule has 0 saturated carbocycles. The molecule has 3 rings (SSSR count). The Morgan fingerprint density at radius 1 is 1.28 bits per heavy atom. The molecular formula is C18H16ClFN2O2S. The van der Waals surface area contributed by atoms with Crippen LogP contribution in [0.3, 0.4) is 0 Å². The Morgan fingerprint density at radius 2 is 2.04 bits per heavy atom. The molecular weight excluding hydrogens is 363 g/mol. The summed E-state index contributed by atoms with van der Waals surface area (Å²) >= 11 is 7.46. The standard InChI is InChI=1S/C18H16ClFN2O2S/c1-24-9-8-22-15-7-4-13(19)11-16(15)25-18(22)21-17(23)10-12-2-5-14(20)6-3-12/h2-7,11H,8-10H2,1H3. The van der Waals surface area contributed by atoms with Crippen molar-refractivity contribution in [3.8, 4) is 0 Å². The summed E-state index contributed by atoms with van der Waals surface area (Å²) in [6.45, 7) is 1.09. The maximum atomic E-state index is 13.0. The number of benzene rings is 2. The highest BCUT2D eigenvalue weighted by atomic mass is 35.5. The average molecular weight is 379 g/mol. The Labute approximate surface area is 153 Å². The molecule has 4 nitrogen and oxygen atoms in total. The van der Waals surface area contributed by atoms with E-state index in [-0.39, 0.29) is 18.1 Å². The molecule has 1 heterocycles. The van der Waals surface area contributed by atoms with Crippen LogP contribution in [-0.2, 0) is 22.5 Å². The Hall–Kier alpha value is -2.02. The number of rotatable bonds is 5. The van der Waals surface area contributed by atoms with E-state index in [1.54, 1.807) is 19.2 Å². The van der Waals surface area contributed by atoms with Crippen molar-refractivity contribution in [2.75, 3.05) is 13.7 Å². The van der Waals surface area contributed by atoms with Gasteiger partial charge < -0.3 is 9.30 Å². The zero-order valence-electron chi connectivity index (χ0n) is 13.5. The molecule has 2 aromatic carbocycles. The van der Waals surface area contributed by atoms with Crippen LogP contribution in [0.1, 0.15) is 5.56 Å². The lowest BCUT2D eigenvalue weighted by molar-refractivity contribution is -0.117. The second-order valence-electron chi connectivity index (χ2n) is 5.45. The monoisotopic (exact) mass is 378 g/mol. The maximum absolute atomic E-state index is 13.0. The maximum Gasteiger partial charge on any atom is 0.252 e. The Balaban J connectivity index is 1.96. The van der Waals surface area contributed by atoms with Crippen molar-refractivity contribution in [2.24, 2.45) is 4.99 Å². The normalized spacial score (nSPS) is 12.0. The molecule has 0 bridgehead atoms. The minimum Gasteiger partial charge on any atom is -0.383 e. The van der Waals surface area contributed by atoms with Crippen LogP contribution in [0.5, 0.6) is 0 Å². The van der Waals surface area contributed by atoms with Gasteiger partial charge in [-0.2, -0.15) is 4.99 Å². The first-order valence-electron chi connectivity index (χ1n) is 7.66. The number of carbonyl (C=O) groups is 1. The summed E-state index contributed by atoms with van der Waals surface area (Å²) in [6, 6.07) is 11.4. The average Bonchev–Trinajstić information content (AvgIpc) is 2.91. The summed E-state index contributed by atoms with van der Waals surface area (Å²) < 4.78 is 21.0. The second kappa shape index (κ2) is 7.91.